The first-order valence-electron chi connectivity index (χ1n) is 7.98. The average molecular weight is 316 g/mol. The number of nitrogens with two attached hydrogens (primary N) is 2. The Labute approximate surface area is 136 Å². The second-order valence-electron chi connectivity index (χ2n) is 6.14. The molecule has 0 aliphatic carbocycles. The lowest BCUT2D eigenvalue weighted by atomic mass is 9.94. The largest absolute Gasteiger partial charge is 0.389 e. The van der Waals surface area contributed by atoms with Crippen LogP contribution in [0, 0.1) is 0 Å². The Morgan fingerprint density at radius 3 is 2.65 bits per heavy atom. The fraction of sp³-hybridized carbons (Fsp3) is 0.444. The monoisotopic (exact) mass is 316 g/mol. The fourth-order valence-corrected chi connectivity index (χ4v) is 3.08. The van der Waals surface area contributed by atoms with Gasteiger partial charge in [0.05, 0.1) is 24.9 Å². The van der Waals surface area contributed by atoms with Gasteiger partial charge in [0.2, 0.25) is 0 Å². The number of ether oxygens (including phenoxy) is 2. The number of benzene rings is 2. The molecule has 1 saturated heterocycles. The smallest absolute Gasteiger partial charge is 0.113 e. The second-order valence-corrected chi connectivity index (χ2v) is 6.14. The van der Waals surface area contributed by atoms with Crippen LogP contribution in [0.2, 0.25) is 0 Å². The Bertz CT molecular complexity index is 662. The van der Waals surface area contributed by atoms with Gasteiger partial charge in [0.1, 0.15) is 12.2 Å². The highest BCUT2D eigenvalue weighted by Crippen LogP contribution is 2.23. The van der Waals surface area contributed by atoms with Gasteiger partial charge in [-0.15, -0.1) is 0 Å². The topological polar surface area (TPSA) is 90.7 Å². The van der Waals surface area contributed by atoms with Gasteiger partial charge in [-0.25, -0.2) is 0 Å². The molecule has 5 N–H and O–H groups in total. The number of aliphatic hydroxyl groups is 1. The maximum Gasteiger partial charge on any atom is 0.113 e. The summed E-state index contributed by atoms with van der Waals surface area (Å²) in [4.78, 5) is 0. The van der Waals surface area contributed by atoms with E-state index in [0.717, 1.165) is 10.9 Å². The van der Waals surface area contributed by atoms with E-state index in [2.05, 4.69) is 24.3 Å². The molecule has 3 rings (SSSR count). The fourth-order valence-electron chi connectivity index (χ4n) is 3.08. The lowest BCUT2D eigenvalue weighted by Crippen LogP contribution is -2.62. The molecule has 23 heavy (non-hydrogen) atoms. The molecule has 0 radical (unpaired) electrons. The zero-order chi connectivity index (χ0) is 16.4. The van der Waals surface area contributed by atoms with E-state index in [-0.39, 0.29) is 18.8 Å². The van der Waals surface area contributed by atoms with Gasteiger partial charge in [-0.2, -0.15) is 0 Å². The van der Waals surface area contributed by atoms with E-state index in [4.69, 9.17) is 20.9 Å². The maximum absolute atomic E-state index is 10.4. The standard InChI is InChI=1S/C18H24N2O3/c1-11-16(20)17(21)18(15(9-19)23-11)22-10-12-6-7-13-4-2-3-5-14(13)8-12/h2-8,11,15-18,21H,9-10,19-20H2,1H3/t11-,15?,16?,17?,18+/m0/s1. The van der Waals surface area contributed by atoms with Crippen molar-refractivity contribution < 1.29 is 14.6 Å². The van der Waals surface area contributed by atoms with E-state index in [1.54, 1.807) is 0 Å². The molecule has 1 aliphatic rings. The van der Waals surface area contributed by atoms with E-state index >= 15 is 0 Å². The van der Waals surface area contributed by atoms with Gasteiger partial charge in [-0.05, 0) is 29.3 Å². The average Bonchev–Trinajstić information content (AvgIpc) is 2.58. The molecule has 1 aliphatic heterocycles. The molecule has 0 aromatic heterocycles. The predicted molar refractivity (Wildman–Crippen MR) is 89.9 cm³/mol. The van der Waals surface area contributed by atoms with Crippen LogP contribution < -0.4 is 11.5 Å². The molecule has 2 aromatic rings. The quantitative estimate of drug-likeness (QED) is 0.787. The van der Waals surface area contributed by atoms with Crippen molar-refractivity contribution in [3.8, 4) is 0 Å². The Kier molecular flexibility index (Phi) is 4.94. The maximum atomic E-state index is 10.4. The molecule has 0 bridgehead atoms. The summed E-state index contributed by atoms with van der Waals surface area (Å²) in [5.41, 5.74) is 12.8. The first-order chi connectivity index (χ1) is 11.1. The number of hydrogen-bond acceptors (Lipinski definition) is 5. The van der Waals surface area contributed by atoms with Gasteiger partial charge in [0.25, 0.3) is 0 Å². The minimum absolute atomic E-state index is 0.237. The molecular formula is C18H24N2O3. The summed E-state index contributed by atoms with van der Waals surface area (Å²) in [5.74, 6) is 0. The Morgan fingerprint density at radius 1 is 1.17 bits per heavy atom. The minimum Gasteiger partial charge on any atom is -0.389 e. The predicted octanol–water partition coefficient (Wildman–Crippen LogP) is 1.16. The molecule has 2 aromatic carbocycles. The highest BCUT2D eigenvalue weighted by Gasteiger charge is 2.41. The SMILES string of the molecule is C[C@@H]1OC(CN)[C@@H](OCc2ccc3ccccc3c2)C(O)C1N. The van der Waals surface area contributed by atoms with Gasteiger partial charge in [-0.1, -0.05) is 36.4 Å². The lowest BCUT2D eigenvalue weighted by Gasteiger charge is -2.42. The van der Waals surface area contributed by atoms with Crippen molar-refractivity contribution in [2.75, 3.05) is 6.54 Å². The second kappa shape index (κ2) is 6.95. The molecule has 1 heterocycles. The van der Waals surface area contributed by atoms with E-state index in [1.165, 1.54) is 5.39 Å². The summed E-state index contributed by atoms with van der Waals surface area (Å²) >= 11 is 0. The van der Waals surface area contributed by atoms with E-state index in [0.29, 0.717) is 6.61 Å². The van der Waals surface area contributed by atoms with Gasteiger partial charge in [0, 0.05) is 6.54 Å². The summed E-state index contributed by atoms with van der Waals surface area (Å²) in [5, 5.41) is 12.7. The molecule has 5 atom stereocenters. The van der Waals surface area contributed by atoms with Crippen LogP contribution in [-0.4, -0.2) is 42.1 Å². The van der Waals surface area contributed by atoms with Crippen LogP contribution in [0.15, 0.2) is 42.5 Å². The van der Waals surface area contributed by atoms with Crippen molar-refractivity contribution in [1.82, 2.24) is 0 Å². The van der Waals surface area contributed by atoms with Crippen LogP contribution in [0.3, 0.4) is 0 Å². The van der Waals surface area contributed by atoms with Crippen LogP contribution in [0.1, 0.15) is 12.5 Å². The van der Waals surface area contributed by atoms with Crippen LogP contribution in [0.25, 0.3) is 10.8 Å². The van der Waals surface area contributed by atoms with Gasteiger partial charge >= 0.3 is 0 Å². The molecule has 5 heteroatoms. The Hall–Kier alpha value is -1.50. The van der Waals surface area contributed by atoms with Crippen molar-refractivity contribution in [1.29, 1.82) is 0 Å². The van der Waals surface area contributed by atoms with Gasteiger partial charge in [-0.3, -0.25) is 0 Å². The normalized spacial score (nSPS) is 31.4. The van der Waals surface area contributed by atoms with E-state index < -0.39 is 18.2 Å². The zero-order valence-corrected chi connectivity index (χ0v) is 13.3. The highest BCUT2D eigenvalue weighted by atomic mass is 16.6. The molecule has 3 unspecified atom stereocenters. The molecule has 0 spiro atoms. The first-order valence-corrected chi connectivity index (χ1v) is 7.98. The van der Waals surface area contributed by atoms with Gasteiger partial charge < -0.3 is 26.0 Å². The first kappa shape index (κ1) is 16.4. The van der Waals surface area contributed by atoms with E-state index in [1.807, 2.05) is 25.1 Å². The van der Waals surface area contributed by atoms with Crippen molar-refractivity contribution >= 4 is 10.8 Å². The molecule has 1 fully saturated rings. The highest BCUT2D eigenvalue weighted by molar-refractivity contribution is 5.82. The third kappa shape index (κ3) is 3.39. The molecule has 5 nitrogen and oxygen atoms in total. The number of aliphatic hydroxyl groups excluding tert-OH is 1. The summed E-state index contributed by atoms with van der Waals surface area (Å²) in [6, 6.07) is 13.9. The van der Waals surface area contributed by atoms with Crippen molar-refractivity contribution in [3.63, 3.8) is 0 Å². The van der Waals surface area contributed by atoms with Crippen molar-refractivity contribution in [2.45, 2.75) is 44.0 Å². The summed E-state index contributed by atoms with van der Waals surface area (Å²) in [7, 11) is 0. The zero-order valence-electron chi connectivity index (χ0n) is 13.3. The van der Waals surface area contributed by atoms with Crippen LogP contribution >= 0.6 is 0 Å². The minimum atomic E-state index is -0.784. The van der Waals surface area contributed by atoms with Gasteiger partial charge in [0.15, 0.2) is 0 Å². The lowest BCUT2D eigenvalue weighted by molar-refractivity contribution is -0.192. The van der Waals surface area contributed by atoms with Crippen LogP contribution in [0.4, 0.5) is 0 Å². The van der Waals surface area contributed by atoms with Crippen LogP contribution in [-0.2, 0) is 16.1 Å². The third-order valence-corrected chi connectivity index (χ3v) is 4.52. The number of hydrogen-bond donors (Lipinski definition) is 3. The number of rotatable bonds is 4. The summed E-state index contributed by atoms with van der Waals surface area (Å²) in [6.07, 6.45) is -1.88. The Balaban J connectivity index is 1.72. The van der Waals surface area contributed by atoms with Crippen molar-refractivity contribution in [2.24, 2.45) is 11.5 Å². The Morgan fingerprint density at radius 2 is 1.91 bits per heavy atom. The van der Waals surface area contributed by atoms with Crippen LogP contribution in [0.5, 0.6) is 0 Å². The summed E-state index contributed by atoms with van der Waals surface area (Å²) in [6.45, 7) is 2.51. The molecular weight excluding hydrogens is 292 g/mol. The van der Waals surface area contributed by atoms with E-state index in [9.17, 15) is 5.11 Å². The molecule has 0 saturated carbocycles. The molecule has 124 valence electrons. The van der Waals surface area contributed by atoms with Crippen molar-refractivity contribution in [3.05, 3.63) is 48.0 Å². The summed E-state index contributed by atoms with van der Waals surface area (Å²) < 4.78 is 11.7. The third-order valence-electron chi connectivity index (χ3n) is 4.52. The number of fused-ring (bicyclic) bond motifs is 1. The molecule has 0 amide bonds.